The maximum atomic E-state index is 10.5. The first-order valence-electron chi connectivity index (χ1n) is 4.93. The summed E-state index contributed by atoms with van der Waals surface area (Å²) in [6.07, 6.45) is -1.00. The molecule has 1 aliphatic rings. The number of benzene rings is 1. The van der Waals surface area contributed by atoms with E-state index in [9.17, 15) is 4.79 Å². The summed E-state index contributed by atoms with van der Waals surface area (Å²) >= 11 is 0. The van der Waals surface area contributed by atoms with E-state index in [0.29, 0.717) is 0 Å². The summed E-state index contributed by atoms with van der Waals surface area (Å²) < 4.78 is 10.7. The molecule has 2 atom stereocenters. The third kappa shape index (κ3) is 2.50. The van der Waals surface area contributed by atoms with E-state index in [4.69, 9.17) is 19.7 Å². The van der Waals surface area contributed by atoms with Crippen LogP contribution in [0.1, 0.15) is 18.3 Å². The summed E-state index contributed by atoms with van der Waals surface area (Å²) in [4.78, 5) is 10.5. The van der Waals surface area contributed by atoms with Gasteiger partial charge in [0.05, 0.1) is 19.1 Å². The number of hydrogen-bond donors (Lipinski definition) is 2. The molecule has 1 aromatic carbocycles. The molecular formula is C11H12O5. The van der Waals surface area contributed by atoms with Crippen LogP contribution in [-0.2, 0) is 14.3 Å². The lowest BCUT2D eigenvalue weighted by Crippen LogP contribution is -2.15. The molecule has 5 nitrogen and oxygen atoms in total. The summed E-state index contributed by atoms with van der Waals surface area (Å²) in [5.41, 5.74) is 0.769. The van der Waals surface area contributed by atoms with Crippen LogP contribution >= 0.6 is 0 Å². The van der Waals surface area contributed by atoms with Crippen molar-refractivity contribution in [2.75, 3.05) is 6.61 Å². The van der Waals surface area contributed by atoms with E-state index in [1.807, 2.05) is 0 Å². The van der Waals surface area contributed by atoms with Crippen molar-refractivity contribution in [1.82, 2.24) is 0 Å². The van der Waals surface area contributed by atoms with Crippen molar-refractivity contribution in [1.29, 1.82) is 0 Å². The van der Waals surface area contributed by atoms with Crippen molar-refractivity contribution < 1.29 is 24.5 Å². The third-order valence-corrected chi connectivity index (χ3v) is 2.32. The van der Waals surface area contributed by atoms with Gasteiger partial charge in [0, 0.05) is 5.56 Å². The maximum absolute atomic E-state index is 10.5. The number of rotatable bonds is 3. The van der Waals surface area contributed by atoms with Crippen LogP contribution in [0.2, 0.25) is 0 Å². The Morgan fingerprint density at radius 2 is 2.06 bits per heavy atom. The van der Waals surface area contributed by atoms with E-state index in [1.54, 1.807) is 12.1 Å². The predicted molar refractivity (Wildman–Crippen MR) is 53.9 cm³/mol. The van der Waals surface area contributed by atoms with E-state index in [2.05, 4.69) is 0 Å². The molecule has 1 saturated heterocycles. The number of aromatic hydroxyl groups is 1. The summed E-state index contributed by atoms with van der Waals surface area (Å²) in [5, 5.41) is 17.7. The molecule has 1 aliphatic heterocycles. The first-order chi connectivity index (χ1) is 7.65. The molecule has 1 fully saturated rings. The minimum absolute atomic E-state index is 0.0609. The SMILES string of the molecule is O=C(O)CC1COC(c2ccc(O)cc2)O1. The Balaban J connectivity index is 1.98. The minimum atomic E-state index is -0.903. The Morgan fingerprint density at radius 1 is 1.38 bits per heavy atom. The molecule has 0 radical (unpaired) electrons. The second-order valence-electron chi connectivity index (χ2n) is 3.61. The van der Waals surface area contributed by atoms with Gasteiger partial charge >= 0.3 is 5.97 Å². The lowest BCUT2D eigenvalue weighted by Gasteiger charge is -2.10. The fraction of sp³-hybridized carbons (Fsp3) is 0.364. The van der Waals surface area contributed by atoms with Crippen molar-refractivity contribution in [3.8, 4) is 5.75 Å². The number of carboxylic acid groups (broad SMARTS) is 1. The molecule has 1 aromatic rings. The van der Waals surface area contributed by atoms with Crippen LogP contribution in [0.15, 0.2) is 24.3 Å². The summed E-state index contributed by atoms with van der Waals surface area (Å²) in [6.45, 7) is 0.276. The molecule has 1 heterocycles. The minimum Gasteiger partial charge on any atom is -0.508 e. The Bertz CT molecular complexity index is 372. The summed E-state index contributed by atoms with van der Waals surface area (Å²) in [6, 6.07) is 6.44. The molecular weight excluding hydrogens is 212 g/mol. The second kappa shape index (κ2) is 4.51. The fourth-order valence-electron chi connectivity index (χ4n) is 1.56. The van der Waals surface area contributed by atoms with Crippen LogP contribution in [0, 0.1) is 0 Å². The highest BCUT2D eigenvalue weighted by Crippen LogP contribution is 2.28. The lowest BCUT2D eigenvalue weighted by atomic mass is 10.2. The number of carbonyl (C=O) groups is 1. The van der Waals surface area contributed by atoms with E-state index < -0.39 is 18.4 Å². The van der Waals surface area contributed by atoms with Gasteiger partial charge < -0.3 is 19.7 Å². The average molecular weight is 224 g/mol. The molecule has 86 valence electrons. The normalized spacial score (nSPS) is 24.5. The van der Waals surface area contributed by atoms with E-state index in [0.717, 1.165) is 5.56 Å². The quantitative estimate of drug-likeness (QED) is 0.808. The molecule has 5 heteroatoms. The topological polar surface area (TPSA) is 76.0 Å². The Hall–Kier alpha value is -1.59. The molecule has 0 spiro atoms. The van der Waals surface area contributed by atoms with Crippen molar-refractivity contribution in [3.05, 3.63) is 29.8 Å². The fourth-order valence-corrected chi connectivity index (χ4v) is 1.56. The zero-order valence-electron chi connectivity index (χ0n) is 8.50. The van der Waals surface area contributed by atoms with Crippen LogP contribution in [0.3, 0.4) is 0 Å². The van der Waals surface area contributed by atoms with Gasteiger partial charge in [-0.3, -0.25) is 4.79 Å². The first kappa shape index (κ1) is 10.9. The number of carboxylic acids is 1. The largest absolute Gasteiger partial charge is 0.508 e. The van der Waals surface area contributed by atoms with Crippen molar-refractivity contribution in [2.45, 2.75) is 18.8 Å². The van der Waals surface area contributed by atoms with Crippen molar-refractivity contribution in [2.24, 2.45) is 0 Å². The molecule has 2 rings (SSSR count). The molecule has 2 unspecified atom stereocenters. The van der Waals surface area contributed by atoms with Crippen LogP contribution in [-0.4, -0.2) is 28.9 Å². The van der Waals surface area contributed by atoms with Crippen molar-refractivity contribution >= 4 is 5.97 Å². The van der Waals surface area contributed by atoms with E-state index in [1.165, 1.54) is 12.1 Å². The Morgan fingerprint density at radius 3 is 2.69 bits per heavy atom. The van der Waals surface area contributed by atoms with Crippen LogP contribution in [0.25, 0.3) is 0 Å². The van der Waals surface area contributed by atoms with Gasteiger partial charge in [-0.15, -0.1) is 0 Å². The average Bonchev–Trinajstić information content (AvgIpc) is 2.66. The zero-order chi connectivity index (χ0) is 11.5. The Labute approximate surface area is 92.2 Å². The molecule has 16 heavy (non-hydrogen) atoms. The van der Waals surface area contributed by atoms with Gasteiger partial charge in [0.1, 0.15) is 5.75 Å². The molecule has 0 aromatic heterocycles. The summed E-state index contributed by atoms with van der Waals surface area (Å²) in [7, 11) is 0. The monoisotopic (exact) mass is 224 g/mol. The van der Waals surface area contributed by atoms with Crippen LogP contribution in [0.4, 0.5) is 0 Å². The molecule has 0 saturated carbocycles. The lowest BCUT2D eigenvalue weighted by molar-refractivity contribution is -0.140. The Kier molecular flexibility index (Phi) is 3.07. The van der Waals surface area contributed by atoms with Crippen LogP contribution in [0.5, 0.6) is 5.75 Å². The number of aliphatic carboxylic acids is 1. The van der Waals surface area contributed by atoms with Crippen molar-refractivity contribution in [3.63, 3.8) is 0 Å². The highest BCUT2D eigenvalue weighted by Gasteiger charge is 2.28. The van der Waals surface area contributed by atoms with Gasteiger partial charge in [-0.2, -0.15) is 0 Å². The number of phenolic OH excluding ortho intramolecular Hbond substituents is 1. The highest BCUT2D eigenvalue weighted by atomic mass is 16.7. The maximum Gasteiger partial charge on any atom is 0.306 e. The number of hydrogen-bond acceptors (Lipinski definition) is 4. The van der Waals surface area contributed by atoms with Gasteiger partial charge in [-0.05, 0) is 12.1 Å². The van der Waals surface area contributed by atoms with Gasteiger partial charge in [-0.1, -0.05) is 12.1 Å². The molecule has 0 bridgehead atoms. The van der Waals surface area contributed by atoms with Crippen LogP contribution < -0.4 is 0 Å². The van der Waals surface area contributed by atoms with Gasteiger partial charge in [0.15, 0.2) is 6.29 Å². The van der Waals surface area contributed by atoms with Gasteiger partial charge in [0.25, 0.3) is 0 Å². The molecule has 0 amide bonds. The molecule has 0 aliphatic carbocycles. The smallest absolute Gasteiger partial charge is 0.306 e. The summed E-state index contributed by atoms with van der Waals surface area (Å²) in [5.74, 6) is -0.733. The highest BCUT2D eigenvalue weighted by molar-refractivity contribution is 5.67. The second-order valence-corrected chi connectivity index (χ2v) is 3.61. The standard InChI is InChI=1S/C11H12O5/c12-8-3-1-7(2-4-8)11-15-6-9(16-11)5-10(13)14/h1-4,9,11-12H,5-6H2,(H,13,14). The first-order valence-corrected chi connectivity index (χ1v) is 4.93. The third-order valence-electron chi connectivity index (χ3n) is 2.32. The zero-order valence-corrected chi connectivity index (χ0v) is 8.50. The van der Waals surface area contributed by atoms with Gasteiger partial charge in [-0.25, -0.2) is 0 Å². The van der Waals surface area contributed by atoms with E-state index >= 15 is 0 Å². The number of phenols is 1. The van der Waals surface area contributed by atoms with E-state index in [-0.39, 0.29) is 18.8 Å². The predicted octanol–water partition coefficient (Wildman–Crippen LogP) is 1.28. The van der Waals surface area contributed by atoms with Gasteiger partial charge in [0.2, 0.25) is 0 Å². The number of ether oxygens (including phenoxy) is 2. The molecule has 2 N–H and O–H groups in total.